The Hall–Kier alpha value is -3.79. The topological polar surface area (TPSA) is 137 Å². The fourth-order valence-corrected chi connectivity index (χ4v) is 3.57. The van der Waals surface area contributed by atoms with Gasteiger partial charge in [-0.2, -0.15) is 0 Å². The van der Waals surface area contributed by atoms with Crippen LogP contribution in [0.15, 0.2) is 59.5 Å². The fourth-order valence-electron chi connectivity index (χ4n) is 2.48. The summed E-state index contributed by atoms with van der Waals surface area (Å²) in [5, 5.41) is 13.6. The molecule has 2 amide bonds. The average molecular weight is 398 g/mol. The summed E-state index contributed by atoms with van der Waals surface area (Å²) in [5.41, 5.74) is 5.52. The highest BCUT2D eigenvalue weighted by atomic mass is 32.1. The molecule has 28 heavy (non-hydrogen) atoms. The number of hydrogen-bond donors (Lipinski definition) is 2. The second-order valence-corrected chi connectivity index (χ2v) is 6.79. The van der Waals surface area contributed by atoms with E-state index in [4.69, 9.17) is 5.73 Å². The van der Waals surface area contributed by atoms with Gasteiger partial charge in [-0.25, -0.2) is 0 Å². The Morgan fingerprint density at radius 2 is 1.89 bits per heavy atom. The van der Waals surface area contributed by atoms with Crippen LogP contribution in [0, 0.1) is 10.1 Å². The van der Waals surface area contributed by atoms with Gasteiger partial charge in [-0.1, -0.05) is 30.3 Å². The van der Waals surface area contributed by atoms with Gasteiger partial charge >= 0.3 is 0 Å². The molecule has 0 bridgehead atoms. The zero-order valence-electron chi connectivity index (χ0n) is 14.3. The van der Waals surface area contributed by atoms with Crippen molar-refractivity contribution in [2.75, 3.05) is 5.32 Å². The Kier molecular flexibility index (Phi) is 5.32. The molecule has 142 valence electrons. The highest BCUT2D eigenvalue weighted by Gasteiger charge is 2.18. The van der Waals surface area contributed by atoms with Gasteiger partial charge in [-0.05, 0) is 11.6 Å². The predicted octanol–water partition coefficient (Wildman–Crippen LogP) is 2.22. The summed E-state index contributed by atoms with van der Waals surface area (Å²) in [7, 11) is 0. The number of aromatic nitrogens is 1. The average Bonchev–Trinajstić information content (AvgIpc) is 3.08. The molecule has 3 N–H and O–H groups in total. The summed E-state index contributed by atoms with van der Waals surface area (Å²) >= 11 is 1.16. The van der Waals surface area contributed by atoms with E-state index in [0.29, 0.717) is 0 Å². The van der Waals surface area contributed by atoms with Gasteiger partial charge in [-0.3, -0.25) is 29.1 Å². The Balaban J connectivity index is 1.85. The minimum Gasteiger partial charge on any atom is -0.366 e. The third kappa shape index (κ3) is 4.13. The zero-order chi connectivity index (χ0) is 20.3. The number of nitrogens with one attached hydrogen (secondary N) is 1. The van der Waals surface area contributed by atoms with Gasteiger partial charge in [0.05, 0.1) is 16.7 Å². The minimum atomic E-state index is -0.707. The predicted molar refractivity (Wildman–Crippen MR) is 104 cm³/mol. The van der Waals surface area contributed by atoms with Crippen molar-refractivity contribution in [3.8, 4) is 10.4 Å². The Labute approximate surface area is 162 Å². The van der Waals surface area contributed by atoms with Gasteiger partial charge in [-0.15, -0.1) is 11.3 Å². The third-order valence-corrected chi connectivity index (χ3v) is 4.90. The number of benzene rings is 1. The van der Waals surface area contributed by atoms with Crippen LogP contribution in [-0.4, -0.2) is 21.3 Å². The van der Waals surface area contributed by atoms with Gasteiger partial charge < -0.3 is 11.1 Å². The second kappa shape index (κ2) is 7.84. The van der Waals surface area contributed by atoms with Crippen molar-refractivity contribution in [1.29, 1.82) is 0 Å². The van der Waals surface area contributed by atoms with E-state index >= 15 is 0 Å². The lowest BCUT2D eigenvalue weighted by Gasteiger charge is -2.06. The van der Waals surface area contributed by atoms with Gasteiger partial charge in [0.15, 0.2) is 0 Å². The maximum atomic E-state index is 12.3. The largest absolute Gasteiger partial charge is 0.366 e. The normalized spacial score (nSPS) is 10.4. The Morgan fingerprint density at radius 3 is 2.54 bits per heavy atom. The van der Waals surface area contributed by atoms with Gasteiger partial charge in [0.1, 0.15) is 11.5 Å². The summed E-state index contributed by atoms with van der Waals surface area (Å²) < 4.78 is 0.920. The molecule has 2 heterocycles. The van der Waals surface area contributed by atoms with E-state index in [-0.39, 0.29) is 16.3 Å². The number of thiophene rings is 1. The summed E-state index contributed by atoms with van der Waals surface area (Å²) in [5.74, 6) is -1.33. The van der Waals surface area contributed by atoms with Crippen LogP contribution in [0.3, 0.4) is 0 Å². The molecule has 0 unspecified atom stereocenters. The number of nitrogens with two attached hydrogens (primary N) is 1. The number of amides is 2. The number of carbonyl (C=O) groups excluding carboxylic acids is 2. The molecule has 0 atom stereocenters. The Bertz CT molecular complexity index is 1120. The SMILES string of the molecule is NC(=O)c1cc(-c2ccccc2)sc1NC(=O)Cn1cc([N+](=O)[O-])ccc1=O. The zero-order valence-corrected chi connectivity index (χ0v) is 15.1. The summed E-state index contributed by atoms with van der Waals surface area (Å²) in [6.45, 7) is -0.447. The van der Waals surface area contributed by atoms with Gasteiger partial charge in [0.25, 0.3) is 17.2 Å². The van der Waals surface area contributed by atoms with E-state index in [0.717, 1.165) is 44.7 Å². The molecule has 9 nitrogen and oxygen atoms in total. The first-order chi connectivity index (χ1) is 13.3. The second-order valence-electron chi connectivity index (χ2n) is 5.74. The molecular formula is C18H14N4O5S. The van der Waals surface area contributed by atoms with Crippen LogP contribution in [-0.2, 0) is 11.3 Å². The maximum absolute atomic E-state index is 12.3. The molecule has 10 heteroatoms. The lowest BCUT2D eigenvalue weighted by Crippen LogP contribution is -2.27. The Morgan fingerprint density at radius 1 is 1.18 bits per heavy atom. The molecule has 0 saturated carbocycles. The lowest BCUT2D eigenvalue weighted by molar-refractivity contribution is -0.385. The van der Waals surface area contributed by atoms with Crippen LogP contribution >= 0.6 is 11.3 Å². The third-order valence-electron chi connectivity index (χ3n) is 3.80. The van der Waals surface area contributed by atoms with Crippen LogP contribution < -0.4 is 16.6 Å². The molecule has 3 aromatic rings. The molecular weight excluding hydrogens is 384 g/mol. The van der Waals surface area contributed by atoms with Crippen molar-refractivity contribution < 1.29 is 14.5 Å². The van der Waals surface area contributed by atoms with E-state index in [1.54, 1.807) is 6.07 Å². The molecule has 0 aliphatic carbocycles. The molecule has 0 fully saturated rings. The summed E-state index contributed by atoms with van der Waals surface area (Å²) in [6, 6.07) is 12.9. The van der Waals surface area contributed by atoms with E-state index in [9.17, 15) is 24.5 Å². The van der Waals surface area contributed by atoms with E-state index in [1.807, 2.05) is 30.3 Å². The summed E-state index contributed by atoms with van der Waals surface area (Å²) in [6.07, 6.45) is 0.987. The molecule has 3 rings (SSSR count). The number of rotatable bonds is 6. The number of nitro groups is 1. The number of carbonyl (C=O) groups is 2. The lowest BCUT2D eigenvalue weighted by atomic mass is 10.1. The van der Waals surface area contributed by atoms with Crippen LogP contribution in [0.4, 0.5) is 10.7 Å². The molecule has 2 aromatic heterocycles. The van der Waals surface area contributed by atoms with Crippen LogP contribution in [0.1, 0.15) is 10.4 Å². The quantitative estimate of drug-likeness (QED) is 0.484. The van der Waals surface area contributed by atoms with E-state index in [2.05, 4.69) is 5.32 Å². The first kappa shape index (κ1) is 19.0. The van der Waals surface area contributed by atoms with Crippen LogP contribution in [0.5, 0.6) is 0 Å². The van der Waals surface area contributed by atoms with Gasteiger partial charge in [0.2, 0.25) is 5.91 Å². The highest BCUT2D eigenvalue weighted by molar-refractivity contribution is 7.20. The fraction of sp³-hybridized carbons (Fsp3) is 0.0556. The number of pyridine rings is 1. The maximum Gasteiger partial charge on any atom is 0.285 e. The van der Waals surface area contributed by atoms with Crippen molar-refractivity contribution in [3.05, 3.63) is 80.8 Å². The molecule has 0 radical (unpaired) electrons. The van der Waals surface area contributed by atoms with Crippen LogP contribution in [0.25, 0.3) is 10.4 Å². The monoisotopic (exact) mass is 398 g/mol. The molecule has 0 spiro atoms. The van der Waals surface area contributed by atoms with Crippen molar-refractivity contribution in [1.82, 2.24) is 4.57 Å². The molecule has 0 saturated heterocycles. The number of hydrogen-bond acceptors (Lipinski definition) is 6. The van der Waals surface area contributed by atoms with Crippen molar-refractivity contribution in [2.24, 2.45) is 5.73 Å². The number of primary amides is 1. The molecule has 0 aliphatic rings. The number of nitrogens with zero attached hydrogens (tertiary/aromatic N) is 2. The first-order valence-corrected chi connectivity index (χ1v) is 8.80. The first-order valence-electron chi connectivity index (χ1n) is 7.99. The van der Waals surface area contributed by atoms with E-state index in [1.165, 1.54) is 0 Å². The van der Waals surface area contributed by atoms with Gasteiger partial charge in [0, 0.05) is 17.0 Å². The van der Waals surface area contributed by atoms with Crippen LogP contribution in [0.2, 0.25) is 0 Å². The molecule has 1 aromatic carbocycles. The van der Waals surface area contributed by atoms with Crippen molar-refractivity contribution in [3.63, 3.8) is 0 Å². The number of anilines is 1. The van der Waals surface area contributed by atoms with Crippen molar-refractivity contribution >= 4 is 33.8 Å². The van der Waals surface area contributed by atoms with E-state index < -0.39 is 28.8 Å². The van der Waals surface area contributed by atoms with Crippen molar-refractivity contribution in [2.45, 2.75) is 6.54 Å². The highest BCUT2D eigenvalue weighted by Crippen LogP contribution is 2.35. The minimum absolute atomic E-state index is 0.142. The smallest absolute Gasteiger partial charge is 0.285 e. The summed E-state index contributed by atoms with van der Waals surface area (Å²) in [4.78, 5) is 46.8. The standard InChI is InChI=1S/C18H14N4O5S/c19-17(25)13-8-14(11-4-2-1-3-5-11)28-18(13)20-15(23)10-21-9-12(22(26)27)6-7-16(21)24/h1-9H,10H2,(H2,19,25)(H,20,23). The molecule has 0 aliphatic heterocycles.